The van der Waals surface area contributed by atoms with Gasteiger partial charge in [0.05, 0.1) is 19.1 Å². The molecule has 0 bridgehead atoms. The average molecular weight is 397 g/mol. The lowest BCUT2D eigenvalue weighted by Gasteiger charge is -2.09. The molecule has 0 unspecified atom stereocenters. The summed E-state index contributed by atoms with van der Waals surface area (Å²) in [4.78, 5) is 22.5. The zero-order chi connectivity index (χ0) is 19.5. The first-order chi connectivity index (χ1) is 13.7. The zero-order valence-corrected chi connectivity index (χ0v) is 17.0. The summed E-state index contributed by atoms with van der Waals surface area (Å²) < 4.78 is 10.9. The zero-order valence-electron chi connectivity index (χ0n) is 16.2. The molecule has 2 heterocycles. The van der Waals surface area contributed by atoms with Gasteiger partial charge in [-0.05, 0) is 61.9 Å². The van der Waals surface area contributed by atoms with E-state index < -0.39 is 0 Å². The lowest BCUT2D eigenvalue weighted by molar-refractivity contribution is 0.311. The largest absolute Gasteiger partial charge is 0.493 e. The minimum Gasteiger partial charge on any atom is -0.493 e. The highest BCUT2D eigenvalue weighted by Gasteiger charge is 2.18. The van der Waals surface area contributed by atoms with Gasteiger partial charge in [0, 0.05) is 4.88 Å². The van der Waals surface area contributed by atoms with Crippen LogP contribution in [0.1, 0.15) is 48.0 Å². The summed E-state index contributed by atoms with van der Waals surface area (Å²) in [5.41, 5.74) is 2.14. The maximum atomic E-state index is 12.7. The molecule has 1 aliphatic carbocycles. The maximum absolute atomic E-state index is 12.7. The molecule has 146 valence electrons. The smallest absolute Gasteiger partial charge is 0.260 e. The van der Waals surface area contributed by atoms with Crippen LogP contribution in [0.25, 0.3) is 22.4 Å². The van der Waals surface area contributed by atoms with Gasteiger partial charge < -0.3 is 14.5 Å². The number of rotatable bonds is 5. The highest BCUT2D eigenvalue weighted by molar-refractivity contribution is 7.18. The highest BCUT2D eigenvalue weighted by Crippen LogP contribution is 2.33. The molecule has 0 saturated carbocycles. The van der Waals surface area contributed by atoms with Crippen molar-refractivity contribution in [2.24, 2.45) is 0 Å². The molecule has 1 aromatic carbocycles. The molecule has 28 heavy (non-hydrogen) atoms. The van der Waals surface area contributed by atoms with Crippen LogP contribution in [-0.2, 0) is 12.8 Å². The van der Waals surface area contributed by atoms with Gasteiger partial charge in [0.1, 0.15) is 10.7 Å². The lowest BCUT2D eigenvalue weighted by Crippen LogP contribution is -2.10. The fraction of sp³-hybridized carbons (Fsp3) is 0.364. The Balaban J connectivity index is 1.66. The van der Waals surface area contributed by atoms with Crippen LogP contribution in [0.3, 0.4) is 0 Å². The highest BCUT2D eigenvalue weighted by atomic mass is 32.1. The summed E-state index contributed by atoms with van der Waals surface area (Å²) in [6.07, 6.45) is 9.39. The van der Waals surface area contributed by atoms with Gasteiger partial charge >= 0.3 is 0 Å². The van der Waals surface area contributed by atoms with E-state index in [1.165, 1.54) is 23.3 Å². The number of thiophene rings is 1. The Morgan fingerprint density at radius 1 is 1.18 bits per heavy atom. The lowest BCUT2D eigenvalue weighted by atomic mass is 10.1. The van der Waals surface area contributed by atoms with Crippen LogP contribution in [-0.4, -0.2) is 23.7 Å². The Morgan fingerprint density at radius 2 is 2.04 bits per heavy atom. The fourth-order valence-corrected chi connectivity index (χ4v) is 4.94. The summed E-state index contributed by atoms with van der Waals surface area (Å²) in [5, 5.41) is 0.793. The fourth-order valence-electron chi connectivity index (χ4n) is 3.67. The van der Waals surface area contributed by atoms with E-state index in [0.29, 0.717) is 18.2 Å². The maximum Gasteiger partial charge on any atom is 0.260 e. The standard InChI is InChI=1S/C22H24N2O3S/c1-3-27-16-11-9-14(13-17(16)26-2)10-12-19-23-21(25)20-15-7-5-4-6-8-18(15)28-22(20)24-19/h9-13H,3-8H2,1-2H3,(H,23,24,25)/b12-10+. The van der Waals surface area contributed by atoms with Gasteiger partial charge in [-0.3, -0.25) is 4.79 Å². The molecule has 5 nitrogen and oxygen atoms in total. The van der Waals surface area contributed by atoms with Gasteiger partial charge in [-0.25, -0.2) is 4.98 Å². The Bertz CT molecular complexity index is 1080. The molecule has 0 aliphatic heterocycles. The number of benzene rings is 1. The van der Waals surface area contributed by atoms with Crippen molar-refractivity contribution in [2.45, 2.75) is 39.0 Å². The van der Waals surface area contributed by atoms with Crippen molar-refractivity contribution < 1.29 is 9.47 Å². The quantitative estimate of drug-likeness (QED) is 0.627. The van der Waals surface area contributed by atoms with Crippen molar-refractivity contribution in [1.29, 1.82) is 0 Å². The molecule has 4 rings (SSSR count). The number of H-pyrrole nitrogens is 1. The number of hydrogen-bond acceptors (Lipinski definition) is 5. The molecule has 2 aromatic heterocycles. The van der Waals surface area contributed by atoms with E-state index in [4.69, 9.17) is 14.5 Å². The first-order valence-corrected chi connectivity index (χ1v) is 10.5. The Kier molecular flexibility index (Phi) is 5.48. The van der Waals surface area contributed by atoms with Gasteiger partial charge in [-0.1, -0.05) is 18.6 Å². The first kappa shape index (κ1) is 18.7. The second-order valence-corrected chi connectivity index (χ2v) is 7.96. The van der Waals surface area contributed by atoms with E-state index in [1.807, 2.05) is 37.3 Å². The molecule has 0 atom stereocenters. The summed E-state index contributed by atoms with van der Waals surface area (Å²) in [7, 11) is 1.62. The number of hydrogen-bond donors (Lipinski definition) is 1. The molecular formula is C22H24N2O3S. The van der Waals surface area contributed by atoms with Crippen molar-refractivity contribution in [3.05, 3.63) is 50.4 Å². The minimum absolute atomic E-state index is 0.0340. The van der Waals surface area contributed by atoms with Crippen LogP contribution in [0.5, 0.6) is 11.5 Å². The second-order valence-electron chi connectivity index (χ2n) is 6.87. The van der Waals surface area contributed by atoms with E-state index in [2.05, 4.69) is 4.98 Å². The molecule has 0 fully saturated rings. The average Bonchev–Trinajstić information content (AvgIpc) is 2.89. The molecule has 1 aliphatic rings. The minimum atomic E-state index is -0.0340. The Morgan fingerprint density at radius 3 is 2.86 bits per heavy atom. The van der Waals surface area contributed by atoms with Crippen molar-refractivity contribution in [2.75, 3.05) is 13.7 Å². The molecule has 6 heteroatoms. The van der Waals surface area contributed by atoms with E-state index >= 15 is 0 Å². The monoisotopic (exact) mass is 396 g/mol. The normalized spacial score (nSPS) is 14.2. The number of methoxy groups -OCH3 is 1. The van der Waals surface area contributed by atoms with Crippen LogP contribution in [0.4, 0.5) is 0 Å². The number of ether oxygens (including phenoxy) is 2. The number of fused-ring (bicyclic) bond motifs is 3. The number of aromatic amines is 1. The van der Waals surface area contributed by atoms with Crippen LogP contribution in [0.15, 0.2) is 23.0 Å². The molecular weight excluding hydrogens is 372 g/mol. The molecule has 3 aromatic rings. The number of aromatic nitrogens is 2. The van der Waals surface area contributed by atoms with Crippen molar-refractivity contribution in [3.8, 4) is 11.5 Å². The SMILES string of the molecule is CCOc1ccc(/C=C/c2nc3sc4c(c3c(=O)[nH]2)CCCCC4)cc1OC. The van der Waals surface area contributed by atoms with E-state index in [0.717, 1.165) is 40.8 Å². The van der Waals surface area contributed by atoms with Gasteiger partial charge in [-0.15, -0.1) is 11.3 Å². The van der Waals surface area contributed by atoms with Gasteiger partial charge in [0.15, 0.2) is 11.5 Å². The number of aryl methyl sites for hydroxylation is 2. The summed E-state index contributed by atoms with van der Waals surface area (Å²) in [6, 6.07) is 5.75. The van der Waals surface area contributed by atoms with E-state index in [-0.39, 0.29) is 5.56 Å². The summed E-state index contributed by atoms with van der Waals surface area (Å²) in [5.74, 6) is 1.97. The Labute approximate surface area is 168 Å². The van der Waals surface area contributed by atoms with Crippen molar-refractivity contribution in [1.82, 2.24) is 9.97 Å². The third-order valence-corrected chi connectivity index (χ3v) is 6.20. The van der Waals surface area contributed by atoms with Gasteiger partial charge in [0.2, 0.25) is 0 Å². The molecule has 0 radical (unpaired) electrons. The summed E-state index contributed by atoms with van der Waals surface area (Å²) in [6.45, 7) is 2.52. The van der Waals surface area contributed by atoms with Gasteiger partial charge in [-0.2, -0.15) is 0 Å². The number of nitrogens with one attached hydrogen (secondary N) is 1. The van der Waals surface area contributed by atoms with E-state index in [9.17, 15) is 4.79 Å². The van der Waals surface area contributed by atoms with E-state index in [1.54, 1.807) is 18.4 Å². The number of nitrogens with zero attached hydrogens (tertiary/aromatic N) is 1. The molecule has 1 N–H and O–H groups in total. The Hall–Kier alpha value is -2.60. The van der Waals surface area contributed by atoms with Crippen LogP contribution in [0.2, 0.25) is 0 Å². The first-order valence-electron chi connectivity index (χ1n) is 9.73. The third kappa shape index (κ3) is 3.69. The summed E-state index contributed by atoms with van der Waals surface area (Å²) >= 11 is 1.68. The predicted molar refractivity (Wildman–Crippen MR) is 115 cm³/mol. The molecule has 0 amide bonds. The topological polar surface area (TPSA) is 64.2 Å². The van der Waals surface area contributed by atoms with Gasteiger partial charge in [0.25, 0.3) is 5.56 Å². The van der Waals surface area contributed by atoms with Crippen molar-refractivity contribution >= 4 is 33.7 Å². The second kappa shape index (κ2) is 8.19. The molecule has 0 saturated heterocycles. The third-order valence-electron chi connectivity index (χ3n) is 5.01. The van der Waals surface area contributed by atoms with Crippen LogP contribution in [0, 0.1) is 0 Å². The predicted octanol–water partition coefficient (Wildman–Crippen LogP) is 4.83. The van der Waals surface area contributed by atoms with Crippen LogP contribution >= 0.6 is 11.3 Å². The van der Waals surface area contributed by atoms with Crippen LogP contribution < -0.4 is 15.0 Å². The van der Waals surface area contributed by atoms with Crippen molar-refractivity contribution in [3.63, 3.8) is 0 Å². The molecule has 0 spiro atoms.